The summed E-state index contributed by atoms with van der Waals surface area (Å²) in [5.74, 6) is -2.02. The molecule has 88 valence electrons. The van der Waals surface area contributed by atoms with E-state index in [9.17, 15) is 9.18 Å². The molecule has 0 saturated heterocycles. The Kier molecular flexibility index (Phi) is 3.20. The number of ether oxygens (including phenoxy) is 1. The lowest BCUT2D eigenvalue weighted by Gasteiger charge is -2.23. The van der Waals surface area contributed by atoms with E-state index in [0.717, 1.165) is 0 Å². The normalized spacial score (nSPS) is 23.3. The molecule has 1 aromatic carbocycles. The average Bonchev–Trinajstić information content (AvgIpc) is 2.39. The van der Waals surface area contributed by atoms with Gasteiger partial charge in [0.1, 0.15) is 0 Å². The van der Waals surface area contributed by atoms with Crippen molar-refractivity contribution in [1.29, 1.82) is 0 Å². The molecule has 1 aliphatic rings. The van der Waals surface area contributed by atoms with Gasteiger partial charge in [0.2, 0.25) is 5.85 Å². The minimum Gasteiger partial charge on any atom is -0.346 e. The van der Waals surface area contributed by atoms with Crippen molar-refractivity contribution in [3.05, 3.63) is 59.7 Å². The van der Waals surface area contributed by atoms with Gasteiger partial charge in [-0.25, -0.2) is 4.39 Å². The van der Waals surface area contributed by atoms with Gasteiger partial charge >= 0.3 is 0 Å². The fourth-order valence-electron chi connectivity index (χ4n) is 1.76. The summed E-state index contributed by atoms with van der Waals surface area (Å²) >= 11 is 0. The van der Waals surface area contributed by atoms with Gasteiger partial charge in [0, 0.05) is 24.7 Å². The minimum absolute atomic E-state index is 0.0479. The Morgan fingerprint density at radius 1 is 1.35 bits per heavy atom. The van der Waals surface area contributed by atoms with Crippen LogP contribution in [-0.2, 0) is 4.74 Å². The Morgan fingerprint density at radius 2 is 2.06 bits per heavy atom. The predicted octanol–water partition coefficient (Wildman–Crippen LogP) is 3.07. The molecule has 2 nitrogen and oxygen atoms in total. The lowest BCUT2D eigenvalue weighted by Crippen LogP contribution is -2.27. The van der Waals surface area contributed by atoms with Crippen molar-refractivity contribution in [1.82, 2.24) is 0 Å². The van der Waals surface area contributed by atoms with Gasteiger partial charge in [-0.15, -0.1) is 0 Å². The highest BCUT2D eigenvalue weighted by molar-refractivity contribution is 6.09. The number of alkyl halides is 1. The van der Waals surface area contributed by atoms with Crippen molar-refractivity contribution in [3.63, 3.8) is 0 Å². The van der Waals surface area contributed by atoms with Gasteiger partial charge < -0.3 is 4.74 Å². The number of benzene rings is 1. The number of carbonyl (C=O) groups excluding carboxylic acids is 1. The molecule has 0 radical (unpaired) electrons. The molecule has 17 heavy (non-hydrogen) atoms. The van der Waals surface area contributed by atoms with Gasteiger partial charge in [-0.2, -0.15) is 0 Å². The van der Waals surface area contributed by atoms with Crippen molar-refractivity contribution < 1.29 is 13.9 Å². The van der Waals surface area contributed by atoms with Gasteiger partial charge in [0.05, 0.1) is 0 Å². The van der Waals surface area contributed by atoms with E-state index >= 15 is 0 Å². The standard InChI is InChI=1S/C14H13FO2/c1-17-14(15)9-5-8-12(10-14)13(16)11-6-3-2-4-7-11/h2-9H,10H2,1H3. The third kappa shape index (κ3) is 2.50. The van der Waals surface area contributed by atoms with Crippen molar-refractivity contribution in [2.75, 3.05) is 7.11 Å². The van der Waals surface area contributed by atoms with E-state index in [1.54, 1.807) is 30.3 Å². The maximum Gasteiger partial charge on any atom is 0.232 e. The van der Waals surface area contributed by atoms with Crippen LogP contribution in [0.1, 0.15) is 16.8 Å². The average molecular weight is 232 g/mol. The van der Waals surface area contributed by atoms with Crippen molar-refractivity contribution in [2.24, 2.45) is 0 Å². The molecule has 0 amide bonds. The SMILES string of the molecule is COC1(F)C=CC=C(C(=O)c2ccccc2)C1. The molecule has 0 spiro atoms. The van der Waals surface area contributed by atoms with Crippen LogP contribution in [0.2, 0.25) is 0 Å². The van der Waals surface area contributed by atoms with Crippen molar-refractivity contribution in [3.8, 4) is 0 Å². The van der Waals surface area contributed by atoms with Crippen LogP contribution in [0, 0.1) is 0 Å². The lowest BCUT2D eigenvalue weighted by atomic mass is 9.93. The highest BCUT2D eigenvalue weighted by Gasteiger charge is 2.31. The number of ketones is 1. The van der Waals surface area contributed by atoms with Gasteiger partial charge in [0.15, 0.2) is 5.78 Å². The number of halogens is 1. The summed E-state index contributed by atoms with van der Waals surface area (Å²) in [5.41, 5.74) is 0.982. The molecule has 1 atom stereocenters. The zero-order valence-electron chi connectivity index (χ0n) is 9.52. The molecule has 1 aromatic rings. The first-order chi connectivity index (χ1) is 8.14. The Labute approximate surface area is 99.4 Å². The molecule has 1 unspecified atom stereocenters. The summed E-state index contributed by atoms with van der Waals surface area (Å²) in [7, 11) is 1.29. The maximum absolute atomic E-state index is 13.9. The quantitative estimate of drug-likeness (QED) is 0.749. The number of hydrogen-bond donors (Lipinski definition) is 0. The molecular formula is C14H13FO2. The molecule has 0 heterocycles. The number of Topliss-reactive ketones (excluding diaryl/α,β-unsaturated/α-hetero) is 1. The summed E-state index contributed by atoms with van der Waals surface area (Å²) < 4.78 is 18.7. The molecule has 3 heteroatoms. The summed E-state index contributed by atoms with van der Waals surface area (Å²) in [4.78, 5) is 12.1. The second-order valence-electron chi connectivity index (χ2n) is 3.91. The van der Waals surface area contributed by atoms with Crippen LogP contribution in [0.15, 0.2) is 54.1 Å². The van der Waals surface area contributed by atoms with Crippen LogP contribution in [0.4, 0.5) is 4.39 Å². The van der Waals surface area contributed by atoms with Crippen molar-refractivity contribution in [2.45, 2.75) is 12.3 Å². The first-order valence-corrected chi connectivity index (χ1v) is 5.37. The van der Waals surface area contributed by atoms with E-state index in [1.807, 2.05) is 6.07 Å². The van der Waals surface area contributed by atoms with E-state index in [-0.39, 0.29) is 12.2 Å². The molecule has 0 fully saturated rings. The fourth-order valence-corrected chi connectivity index (χ4v) is 1.76. The molecule has 0 N–H and O–H groups in total. The van der Waals surface area contributed by atoms with Crippen LogP contribution in [-0.4, -0.2) is 18.7 Å². The largest absolute Gasteiger partial charge is 0.346 e. The third-order valence-electron chi connectivity index (χ3n) is 2.74. The zero-order chi connectivity index (χ0) is 12.3. The Morgan fingerprint density at radius 3 is 2.71 bits per heavy atom. The lowest BCUT2D eigenvalue weighted by molar-refractivity contribution is -0.0783. The second-order valence-corrected chi connectivity index (χ2v) is 3.91. The first kappa shape index (κ1) is 11.7. The number of methoxy groups -OCH3 is 1. The summed E-state index contributed by atoms with van der Waals surface area (Å²) in [6, 6.07) is 8.83. The van der Waals surface area contributed by atoms with Gasteiger partial charge in [-0.1, -0.05) is 42.5 Å². The monoisotopic (exact) mass is 232 g/mol. The van der Waals surface area contributed by atoms with E-state index in [1.165, 1.54) is 19.3 Å². The molecule has 2 rings (SSSR count). The maximum atomic E-state index is 13.9. The number of carbonyl (C=O) groups is 1. The topological polar surface area (TPSA) is 26.3 Å². The Hall–Kier alpha value is -1.74. The number of rotatable bonds is 3. The molecule has 0 aromatic heterocycles. The smallest absolute Gasteiger partial charge is 0.232 e. The van der Waals surface area contributed by atoms with Crippen LogP contribution >= 0.6 is 0 Å². The molecule has 0 aliphatic heterocycles. The second kappa shape index (κ2) is 4.63. The molecule has 0 bridgehead atoms. The van der Waals surface area contributed by atoms with Crippen LogP contribution in [0.5, 0.6) is 0 Å². The molecule has 1 aliphatic carbocycles. The van der Waals surface area contributed by atoms with E-state index in [0.29, 0.717) is 11.1 Å². The van der Waals surface area contributed by atoms with Crippen LogP contribution < -0.4 is 0 Å². The van der Waals surface area contributed by atoms with E-state index in [4.69, 9.17) is 4.74 Å². The highest BCUT2D eigenvalue weighted by Crippen LogP contribution is 2.29. The minimum atomic E-state index is -1.87. The zero-order valence-corrected chi connectivity index (χ0v) is 9.52. The molecule has 0 saturated carbocycles. The number of allylic oxidation sites excluding steroid dienone is 2. The first-order valence-electron chi connectivity index (χ1n) is 5.37. The predicted molar refractivity (Wildman–Crippen MR) is 63.5 cm³/mol. The van der Waals surface area contributed by atoms with E-state index in [2.05, 4.69) is 0 Å². The van der Waals surface area contributed by atoms with Crippen LogP contribution in [0.25, 0.3) is 0 Å². The summed E-state index contributed by atoms with van der Waals surface area (Å²) in [5, 5.41) is 0. The fraction of sp³-hybridized carbons (Fsp3) is 0.214. The van der Waals surface area contributed by atoms with Gasteiger partial charge in [-0.05, 0) is 6.08 Å². The third-order valence-corrected chi connectivity index (χ3v) is 2.74. The summed E-state index contributed by atoms with van der Waals surface area (Å²) in [6.07, 6.45) is 4.41. The Balaban J connectivity index is 2.23. The summed E-state index contributed by atoms with van der Waals surface area (Å²) in [6.45, 7) is 0. The van der Waals surface area contributed by atoms with E-state index < -0.39 is 5.85 Å². The van der Waals surface area contributed by atoms with Gasteiger partial charge in [-0.3, -0.25) is 4.79 Å². The van der Waals surface area contributed by atoms with Gasteiger partial charge in [0.25, 0.3) is 0 Å². The molecular weight excluding hydrogens is 219 g/mol. The van der Waals surface area contributed by atoms with Crippen LogP contribution in [0.3, 0.4) is 0 Å². The van der Waals surface area contributed by atoms with Crippen molar-refractivity contribution >= 4 is 5.78 Å². The Bertz CT molecular complexity index is 476. The highest BCUT2D eigenvalue weighted by atomic mass is 19.2. The number of hydrogen-bond acceptors (Lipinski definition) is 2.